The molecule has 0 aliphatic carbocycles. The van der Waals surface area contributed by atoms with Crippen LogP contribution >= 0.6 is 11.6 Å². The maximum Gasteiger partial charge on any atom is 0.244 e. The highest BCUT2D eigenvalue weighted by molar-refractivity contribution is 6.30. The number of hydrogen-bond acceptors (Lipinski definition) is 4. The summed E-state index contributed by atoms with van der Waals surface area (Å²) in [6, 6.07) is 11.1. The van der Waals surface area contributed by atoms with Crippen molar-refractivity contribution in [1.29, 1.82) is 0 Å². The monoisotopic (exact) mass is 375 g/mol. The third-order valence-electron chi connectivity index (χ3n) is 3.74. The van der Waals surface area contributed by atoms with E-state index in [0.29, 0.717) is 28.8 Å². The van der Waals surface area contributed by atoms with Gasteiger partial charge in [-0.15, -0.1) is 0 Å². The molecule has 6 heteroatoms. The summed E-state index contributed by atoms with van der Waals surface area (Å²) in [5.74, 6) is 1.41. The van der Waals surface area contributed by atoms with Crippen LogP contribution in [0.25, 0.3) is 6.08 Å². The molecule has 0 atom stereocenters. The van der Waals surface area contributed by atoms with E-state index in [1.807, 2.05) is 24.3 Å². The molecule has 0 aliphatic rings. The summed E-state index contributed by atoms with van der Waals surface area (Å²) < 4.78 is 15.9. The van der Waals surface area contributed by atoms with E-state index in [-0.39, 0.29) is 5.91 Å². The zero-order valence-electron chi connectivity index (χ0n) is 15.0. The van der Waals surface area contributed by atoms with Crippen LogP contribution in [0.2, 0.25) is 5.02 Å². The number of amides is 1. The van der Waals surface area contributed by atoms with Gasteiger partial charge >= 0.3 is 0 Å². The number of benzene rings is 2. The normalized spacial score (nSPS) is 10.6. The number of carbonyl (C=O) groups is 1. The van der Waals surface area contributed by atoms with Gasteiger partial charge in [-0.2, -0.15) is 0 Å². The van der Waals surface area contributed by atoms with Crippen molar-refractivity contribution >= 4 is 23.6 Å². The predicted octanol–water partition coefficient (Wildman–Crippen LogP) is 3.74. The molecule has 0 heterocycles. The van der Waals surface area contributed by atoms with Gasteiger partial charge in [-0.3, -0.25) is 4.79 Å². The van der Waals surface area contributed by atoms with Gasteiger partial charge in [0, 0.05) is 17.6 Å². The van der Waals surface area contributed by atoms with Crippen molar-refractivity contribution in [1.82, 2.24) is 5.32 Å². The van der Waals surface area contributed by atoms with Gasteiger partial charge in [-0.05, 0) is 47.9 Å². The highest BCUT2D eigenvalue weighted by atomic mass is 35.5. The summed E-state index contributed by atoms with van der Waals surface area (Å²) in [6.45, 7) is 0.542. The standard InChI is InChI=1S/C20H22ClNO4/c1-24-17-12-15(13-18(25-2)20(17)26-3)6-9-19(23)22-11-10-14-4-7-16(21)8-5-14/h4-9,12-13H,10-11H2,1-3H3,(H,22,23)/b9-6+. The Morgan fingerprint density at radius 1 is 1.04 bits per heavy atom. The van der Waals surface area contributed by atoms with Gasteiger partial charge in [0.2, 0.25) is 11.7 Å². The van der Waals surface area contributed by atoms with Crippen LogP contribution in [-0.2, 0) is 11.2 Å². The maximum absolute atomic E-state index is 12.0. The largest absolute Gasteiger partial charge is 0.493 e. The fraction of sp³-hybridized carbons (Fsp3) is 0.250. The molecule has 0 spiro atoms. The van der Waals surface area contributed by atoms with Crippen molar-refractivity contribution in [2.75, 3.05) is 27.9 Å². The Morgan fingerprint density at radius 2 is 1.65 bits per heavy atom. The molecule has 0 aliphatic heterocycles. The summed E-state index contributed by atoms with van der Waals surface area (Å²) in [7, 11) is 4.65. The lowest BCUT2D eigenvalue weighted by atomic mass is 10.1. The van der Waals surface area contributed by atoms with E-state index < -0.39 is 0 Å². The number of nitrogens with one attached hydrogen (secondary N) is 1. The smallest absolute Gasteiger partial charge is 0.244 e. The lowest BCUT2D eigenvalue weighted by Gasteiger charge is -2.12. The number of methoxy groups -OCH3 is 3. The quantitative estimate of drug-likeness (QED) is 0.714. The highest BCUT2D eigenvalue weighted by Gasteiger charge is 2.12. The van der Waals surface area contributed by atoms with Crippen LogP contribution in [0.15, 0.2) is 42.5 Å². The second-order valence-electron chi connectivity index (χ2n) is 5.46. The van der Waals surface area contributed by atoms with Crippen LogP contribution < -0.4 is 19.5 Å². The molecule has 2 aromatic carbocycles. The van der Waals surface area contributed by atoms with Gasteiger partial charge in [0.1, 0.15) is 0 Å². The molecule has 2 rings (SSSR count). The minimum absolute atomic E-state index is 0.173. The summed E-state index contributed by atoms with van der Waals surface area (Å²) in [5, 5.41) is 3.55. The Kier molecular flexibility index (Phi) is 7.36. The van der Waals surface area contributed by atoms with E-state index in [1.54, 1.807) is 39.5 Å². The second-order valence-corrected chi connectivity index (χ2v) is 5.90. The summed E-state index contributed by atoms with van der Waals surface area (Å²) in [4.78, 5) is 12.0. The van der Waals surface area contributed by atoms with Crippen molar-refractivity contribution in [3.63, 3.8) is 0 Å². The first-order valence-electron chi connectivity index (χ1n) is 8.07. The molecule has 2 aromatic rings. The molecule has 0 fully saturated rings. The van der Waals surface area contributed by atoms with Gasteiger partial charge < -0.3 is 19.5 Å². The van der Waals surface area contributed by atoms with E-state index in [1.165, 1.54) is 6.08 Å². The molecule has 0 saturated heterocycles. The zero-order chi connectivity index (χ0) is 18.9. The number of halogens is 1. The summed E-state index contributed by atoms with van der Waals surface area (Å²) >= 11 is 5.85. The van der Waals surface area contributed by atoms with Crippen LogP contribution in [0.1, 0.15) is 11.1 Å². The number of rotatable bonds is 8. The van der Waals surface area contributed by atoms with Crippen molar-refractivity contribution in [3.8, 4) is 17.2 Å². The van der Waals surface area contributed by atoms with Crippen molar-refractivity contribution in [3.05, 3.63) is 58.6 Å². The van der Waals surface area contributed by atoms with E-state index in [2.05, 4.69) is 5.32 Å². The Labute approximate surface area is 158 Å². The molecule has 0 bridgehead atoms. The summed E-state index contributed by atoms with van der Waals surface area (Å²) in [5.41, 5.74) is 1.88. The van der Waals surface area contributed by atoms with Gasteiger partial charge in [-0.1, -0.05) is 23.7 Å². The van der Waals surface area contributed by atoms with Gasteiger partial charge in [-0.25, -0.2) is 0 Å². The Morgan fingerprint density at radius 3 is 2.19 bits per heavy atom. The lowest BCUT2D eigenvalue weighted by molar-refractivity contribution is -0.116. The first kappa shape index (κ1) is 19.7. The Balaban J connectivity index is 1.95. The average molecular weight is 376 g/mol. The number of carbonyl (C=O) groups excluding carboxylic acids is 1. The minimum Gasteiger partial charge on any atom is -0.493 e. The molecule has 0 saturated carbocycles. The molecule has 138 valence electrons. The molecule has 0 unspecified atom stereocenters. The van der Waals surface area contributed by atoms with Crippen LogP contribution in [0, 0.1) is 0 Å². The minimum atomic E-state index is -0.173. The molecule has 0 radical (unpaired) electrons. The van der Waals surface area contributed by atoms with Gasteiger partial charge in [0.25, 0.3) is 0 Å². The fourth-order valence-corrected chi connectivity index (χ4v) is 2.54. The molecule has 26 heavy (non-hydrogen) atoms. The topological polar surface area (TPSA) is 56.8 Å². The Hall–Kier alpha value is -2.66. The molecule has 1 N–H and O–H groups in total. The van der Waals surface area contributed by atoms with E-state index in [9.17, 15) is 4.79 Å². The second kappa shape index (κ2) is 9.73. The fourth-order valence-electron chi connectivity index (χ4n) is 2.41. The van der Waals surface area contributed by atoms with Crippen molar-refractivity contribution in [2.45, 2.75) is 6.42 Å². The molecule has 1 amide bonds. The van der Waals surface area contributed by atoms with E-state index >= 15 is 0 Å². The first-order valence-corrected chi connectivity index (χ1v) is 8.45. The van der Waals surface area contributed by atoms with E-state index in [4.69, 9.17) is 25.8 Å². The molecule has 0 aromatic heterocycles. The maximum atomic E-state index is 12.0. The highest BCUT2D eigenvalue weighted by Crippen LogP contribution is 2.38. The van der Waals surface area contributed by atoms with Crippen LogP contribution in [0.4, 0.5) is 0 Å². The molecule has 5 nitrogen and oxygen atoms in total. The average Bonchev–Trinajstić information content (AvgIpc) is 2.66. The van der Waals surface area contributed by atoms with Crippen LogP contribution in [0.5, 0.6) is 17.2 Å². The molecular formula is C20H22ClNO4. The predicted molar refractivity (Wildman–Crippen MR) is 103 cm³/mol. The Bertz CT molecular complexity index is 747. The summed E-state index contributed by atoms with van der Waals surface area (Å²) in [6.07, 6.45) is 3.91. The van der Waals surface area contributed by atoms with Crippen LogP contribution in [-0.4, -0.2) is 33.8 Å². The van der Waals surface area contributed by atoms with Gasteiger partial charge in [0.15, 0.2) is 11.5 Å². The number of hydrogen-bond donors (Lipinski definition) is 1. The third kappa shape index (κ3) is 5.43. The van der Waals surface area contributed by atoms with Gasteiger partial charge in [0.05, 0.1) is 21.3 Å². The first-order chi connectivity index (χ1) is 12.6. The van der Waals surface area contributed by atoms with E-state index in [0.717, 1.165) is 17.5 Å². The third-order valence-corrected chi connectivity index (χ3v) is 3.99. The zero-order valence-corrected chi connectivity index (χ0v) is 15.8. The SMILES string of the molecule is COc1cc(/C=C/C(=O)NCCc2ccc(Cl)cc2)cc(OC)c1OC. The van der Waals surface area contributed by atoms with Crippen molar-refractivity contribution < 1.29 is 19.0 Å². The number of ether oxygens (including phenoxy) is 3. The van der Waals surface area contributed by atoms with Crippen LogP contribution in [0.3, 0.4) is 0 Å². The lowest BCUT2D eigenvalue weighted by Crippen LogP contribution is -2.23. The van der Waals surface area contributed by atoms with Crippen molar-refractivity contribution in [2.24, 2.45) is 0 Å². The molecular weight excluding hydrogens is 354 g/mol.